The number of hydrogen-bond acceptors (Lipinski definition) is 3. The van der Waals surface area contributed by atoms with Crippen molar-refractivity contribution in [3.63, 3.8) is 0 Å². The highest BCUT2D eigenvalue weighted by Crippen LogP contribution is 2.27. The Morgan fingerprint density at radius 2 is 2.20 bits per heavy atom. The third-order valence-corrected chi connectivity index (χ3v) is 3.86. The van der Waals surface area contributed by atoms with Gasteiger partial charge in [-0.05, 0) is 17.5 Å². The Hall–Kier alpha value is -1.88. The third-order valence-electron chi connectivity index (χ3n) is 3.86. The van der Waals surface area contributed by atoms with Gasteiger partial charge in [-0.25, -0.2) is 0 Å². The molecule has 1 aromatic rings. The van der Waals surface area contributed by atoms with E-state index in [-0.39, 0.29) is 11.8 Å². The fourth-order valence-electron chi connectivity index (χ4n) is 2.53. The summed E-state index contributed by atoms with van der Waals surface area (Å²) in [6.45, 7) is 3.68. The van der Waals surface area contributed by atoms with E-state index in [1.807, 2.05) is 38.1 Å². The van der Waals surface area contributed by atoms with Gasteiger partial charge in [-0.1, -0.05) is 38.5 Å². The van der Waals surface area contributed by atoms with Crippen LogP contribution >= 0.6 is 0 Å². The van der Waals surface area contributed by atoms with E-state index in [0.717, 1.165) is 17.7 Å². The van der Waals surface area contributed by atoms with Gasteiger partial charge in [0.15, 0.2) is 0 Å². The van der Waals surface area contributed by atoms with Crippen molar-refractivity contribution in [3.8, 4) is 0 Å². The van der Waals surface area contributed by atoms with E-state index in [9.17, 15) is 9.59 Å². The number of benzene rings is 1. The van der Waals surface area contributed by atoms with E-state index >= 15 is 0 Å². The van der Waals surface area contributed by atoms with Crippen LogP contribution in [0.2, 0.25) is 0 Å². The van der Waals surface area contributed by atoms with E-state index < -0.39 is 18.6 Å². The lowest BCUT2D eigenvalue weighted by Crippen LogP contribution is -2.49. The maximum atomic E-state index is 12.4. The number of amides is 2. The second kappa shape index (κ2) is 6.05. The Morgan fingerprint density at radius 1 is 1.50 bits per heavy atom. The van der Waals surface area contributed by atoms with Crippen molar-refractivity contribution in [2.75, 3.05) is 11.9 Å². The Morgan fingerprint density at radius 3 is 2.85 bits per heavy atom. The first-order chi connectivity index (χ1) is 9.58. The molecule has 0 saturated heterocycles. The molecule has 2 amide bonds. The first-order valence-electron chi connectivity index (χ1n) is 6.87. The molecule has 1 aliphatic heterocycles. The molecule has 0 fully saturated rings. The second-order valence-corrected chi connectivity index (χ2v) is 5.16. The molecule has 108 valence electrons. The summed E-state index contributed by atoms with van der Waals surface area (Å²) < 4.78 is 0. The van der Waals surface area contributed by atoms with E-state index in [4.69, 9.17) is 5.11 Å². The van der Waals surface area contributed by atoms with Crippen LogP contribution in [0.25, 0.3) is 0 Å². The van der Waals surface area contributed by atoms with Crippen molar-refractivity contribution in [1.82, 2.24) is 4.90 Å². The standard InChI is InChI=1S/C15H20N2O3/c1-3-10(2)14-15(20)16-12-7-5-4-6-11(12)8-17(14)13(19)9-18/h4-7,10,14,18H,3,8-9H2,1-2H3,(H,16,20)/t10?,14-/m0/s1. The van der Waals surface area contributed by atoms with Crippen LogP contribution in [0.4, 0.5) is 5.69 Å². The molecule has 2 N–H and O–H groups in total. The van der Waals surface area contributed by atoms with Gasteiger partial charge in [0.2, 0.25) is 11.8 Å². The van der Waals surface area contributed by atoms with Crippen LogP contribution in [0.5, 0.6) is 0 Å². The van der Waals surface area contributed by atoms with Crippen molar-refractivity contribution in [1.29, 1.82) is 0 Å². The van der Waals surface area contributed by atoms with Crippen molar-refractivity contribution in [2.45, 2.75) is 32.9 Å². The molecule has 1 aromatic carbocycles. The zero-order valence-corrected chi connectivity index (χ0v) is 11.8. The third kappa shape index (κ3) is 2.67. The number of nitrogens with zero attached hydrogens (tertiary/aromatic N) is 1. The van der Waals surface area contributed by atoms with Gasteiger partial charge in [0.1, 0.15) is 12.6 Å². The number of fused-ring (bicyclic) bond motifs is 1. The minimum Gasteiger partial charge on any atom is -0.387 e. The molecule has 5 heteroatoms. The number of hydrogen-bond donors (Lipinski definition) is 2. The number of nitrogens with one attached hydrogen (secondary N) is 1. The topological polar surface area (TPSA) is 69.6 Å². The molecule has 1 heterocycles. The lowest BCUT2D eigenvalue weighted by atomic mass is 9.96. The maximum Gasteiger partial charge on any atom is 0.249 e. The van der Waals surface area contributed by atoms with Crippen LogP contribution in [0.15, 0.2) is 24.3 Å². The van der Waals surface area contributed by atoms with Gasteiger partial charge in [-0.15, -0.1) is 0 Å². The van der Waals surface area contributed by atoms with Gasteiger partial charge >= 0.3 is 0 Å². The molecular formula is C15H20N2O3. The average Bonchev–Trinajstić information content (AvgIpc) is 2.61. The molecule has 5 nitrogen and oxygen atoms in total. The largest absolute Gasteiger partial charge is 0.387 e. The highest BCUT2D eigenvalue weighted by Gasteiger charge is 2.36. The zero-order chi connectivity index (χ0) is 14.7. The fraction of sp³-hybridized carbons (Fsp3) is 0.467. The first-order valence-corrected chi connectivity index (χ1v) is 6.87. The molecule has 2 atom stereocenters. The molecule has 2 rings (SSSR count). The fourth-order valence-corrected chi connectivity index (χ4v) is 2.53. The van der Waals surface area contributed by atoms with E-state index in [1.54, 1.807) is 0 Å². The smallest absolute Gasteiger partial charge is 0.249 e. The van der Waals surface area contributed by atoms with Crippen molar-refractivity contribution in [3.05, 3.63) is 29.8 Å². The normalized spacial score (nSPS) is 19.9. The Kier molecular flexibility index (Phi) is 4.39. The number of aliphatic hydroxyl groups is 1. The van der Waals surface area contributed by atoms with Crippen LogP contribution in [0.3, 0.4) is 0 Å². The molecule has 0 radical (unpaired) electrons. The molecule has 1 aliphatic rings. The minimum absolute atomic E-state index is 0.0276. The van der Waals surface area contributed by atoms with Gasteiger partial charge < -0.3 is 15.3 Å². The molecule has 1 unspecified atom stereocenters. The molecule has 0 aromatic heterocycles. The maximum absolute atomic E-state index is 12.4. The molecular weight excluding hydrogens is 256 g/mol. The van der Waals surface area contributed by atoms with Crippen LogP contribution in [0, 0.1) is 5.92 Å². The zero-order valence-electron chi connectivity index (χ0n) is 11.8. The molecule has 20 heavy (non-hydrogen) atoms. The van der Waals surface area contributed by atoms with Gasteiger partial charge in [-0.3, -0.25) is 9.59 Å². The minimum atomic E-state index is -0.581. The summed E-state index contributed by atoms with van der Waals surface area (Å²) in [5.74, 6) is -0.576. The number of carbonyl (C=O) groups excluding carboxylic acids is 2. The quantitative estimate of drug-likeness (QED) is 0.876. The number of rotatable bonds is 3. The summed E-state index contributed by atoms with van der Waals surface area (Å²) in [6, 6.07) is 6.88. The summed E-state index contributed by atoms with van der Waals surface area (Å²) >= 11 is 0. The molecule has 0 spiro atoms. The molecule has 0 saturated carbocycles. The Labute approximate surface area is 118 Å². The predicted octanol–water partition coefficient (Wildman–Crippen LogP) is 1.37. The predicted molar refractivity (Wildman–Crippen MR) is 76.0 cm³/mol. The van der Waals surface area contributed by atoms with Crippen molar-refractivity contribution in [2.24, 2.45) is 5.92 Å². The highest BCUT2D eigenvalue weighted by atomic mass is 16.3. The van der Waals surface area contributed by atoms with Crippen molar-refractivity contribution >= 4 is 17.5 Å². The average molecular weight is 276 g/mol. The van der Waals surface area contributed by atoms with E-state index in [1.165, 1.54) is 4.90 Å². The van der Waals surface area contributed by atoms with Crippen LogP contribution < -0.4 is 5.32 Å². The number of aliphatic hydroxyl groups excluding tert-OH is 1. The number of anilines is 1. The summed E-state index contributed by atoms with van der Waals surface area (Å²) in [7, 11) is 0. The molecule has 0 bridgehead atoms. The second-order valence-electron chi connectivity index (χ2n) is 5.16. The van der Waals surface area contributed by atoms with Gasteiger partial charge in [0.05, 0.1) is 0 Å². The van der Waals surface area contributed by atoms with Gasteiger partial charge in [0.25, 0.3) is 0 Å². The summed E-state index contributed by atoms with van der Waals surface area (Å²) in [4.78, 5) is 25.9. The van der Waals surface area contributed by atoms with Crippen LogP contribution in [-0.4, -0.2) is 34.5 Å². The summed E-state index contributed by atoms with van der Waals surface area (Å²) in [5.41, 5.74) is 1.62. The monoisotopic (exact) mass is 276 g/mol. The van der Waals surface area contributed by atoms with Gasteiger partial charge in [-0.2, -0.15) is 0 Å². The Balaban J connectivity index is 2.42. The summed E-state index contributed by atoms with van der Waals surface area (Å²) in [6.07, 6.45) is 0.781. The van der Waals surface area contributed by atoms with E-state index in [2.05, 4.69) is 5.32 Å². The lowest BCUT2D eigenvalue weighted by Gasteiger charge is -2.31. The van der Waals surface area contributed by atoms with Crippen LogP contribution in [-0.2, 0) is 16.1 Å². The van der Waals surface area contributed by atoms with Crippen LogP contribution in [0.1, 0.15) is 25.8 Å². The Bertz CT molecular complexity index is 516. The van der Waals surface area contributed by atoms with Gasteiger partial charge in [0, 0.05) is 12.2 Å². The number of carbonyl (C=O) groups is 2. The first kappa shape index (κ1) is 14.5. The SMILES string of the molecule is CCC(C)[C@H]1C(=O)Nc2ccccc2CN1C(=O)CO. The highest BCUT2D eigenvalue weighted by molar-refractivity contribution is 5.99. The number of para-hydroxylation sites is 1. The summed E-state index contributed by atoms with van der Waals surface area (Å²) in [5, 5.41) is 12.0. The van der Waals surface area contributed by atoms with Crippen molar-refractivity contribution < 1.29 is 14.7 Å². The molecule has 0 aliphatic carbocycles. The lowest BCUT2D eigenvalue weighted by molar-refractivity contribution is -0.143. The van der Waals surface area contributed by atoms with E-state index in [0.29, 0.717) is 6.54 Å².